The molecular weight excluding hydrogens is 494 g/mol. The fourth-order valence-electron chi connectivity index (χ4n) is 3.71. The van der Waals surface area contributed by atoms with Crippen molar-refractivity contribution < 1.29 is 27.5 Å². The molecule has 0 aliphatic carbocycles. The van der Waals surface area contributed by atoms with Crippen LogP contribution in [0.4, 0.5) is 5.69 Å². The van der Waals surface area contributed by atoms with Crippen LogP contribution in [0.3, 0.4) is 0 Å². The highest BCUT2D eigenvalue weighted by Crippen LogP contribution is 2.26. The Morgan fingerprint density at radius 2 is 1.54 bits per heavy atom. The molecule has 192 valence electrons. The molecule has 1 atom stereocenters. The van der Waals surface area contributed by atoms with Gasteiger partial charge in [-0.05, 0) is 65.4 Å². The maximum Gasteiger partial charge on any atom is 0.322 e. The van der Waals surface area contributed by atoms with E-state index < -0.39 is 33.4 Å². The summed E-state index contributed by atoms with van der Waals surface area (Å²) in [6, 6.07) is 17.3. The van der Waals surface area contributed by atoms with E-state index in [-0.39, 0.29) is 10.8 Å². The summed E-state index contributed by atoms with van der Waals surface area (Å²) in [6.07, 6.45) is 0. The first kappa shape index (κ1) is 26.1. The Morgan fingerprint density at radius 3 is 2.11 bits per heavy atom. The van der Waals surface area contributed by atoms with Crippen molar-refractivity contribution >= 4 is 38.7 Å². The number of carbonyl (C=O) groups is 2. The number of carboxylic acids is 1. The standard InChI is InChI=1S/C27H27N3O6S/c1-16-5-14-22-21(15-16)29-25(36-22)24(31)28-19-10-6-17(7-11-19)18-8-12-20(13-9-18)37(34,35)30-23(26(32)33)27(2,3)4/h5-15,23,30H,1-4H3,(H,28,31)(H,32,33)/t23-/m1/s1. The van der Waals surface area contributed by atoms with Gasteiger partial charge in [-0.2, -0.15) is 4.72 Å². The second kappa shape index (κ2) is 9.79. The first-order valence-electron chi connectivity index (χ1n) is 11.5. The summed E-state index contributed by atoms with van der Waals surface area (Å²) >= 11 is 0. The summed E-state index contributed by atoms with van der Waals surface area (Å²) < 4.78 is 33.3. The zero-order chi connectivity index (χ0) is 27.0. The van der Waals surface area contributed by atoms with Gasteiger partial charge in [0, 0.05) is 5.69 Å². The van der Waals surface area contributed by atoms with E-state index in [2.05, 4.69) is 15.0 Å². The van der Waals surface area contributed by atoms with Crippen molar-refractivity contribution in [3.8, 4) is 11.1 Å². The number of aliphatic carboxylic acids is 1. The molecule has 0 unspecified atom stereocenters. The lowest BCUT2D eigenvalue weighted by Crippen LogP contribution is -2.48. The predicted octanol–water partition coefficient (Wildman–Crippen LogP) is 4.83. The van der Waals surface area contributed by atoms with Crippen LogP contribution < -0.4 is 10.0 Å². The van der Waals surface area contributed by atoms with Gasteiger partial charge < -0.3 is 14.8 Å². The number of anilines is 1. The van der Waals surface area contributed by atoms with E-state index >= 15 is 0 Å². The highest BCUT2D eigenvalue weighted by atomic mass is 32.2. The first-order valence-corrected chi connectivity index (χ1v) is 13.0. The van der Waals surface area contributed by atoms with Crippen LogP contribution in [-0.2, 0) is 14.8 Å². The number of carbonyl (C=O) groups excluding carboxylic acids is 1. The third kappa shape index (κ3) is 5.87. The Bertz CT molecular complexity index is 1570. The van der Waals surface area contributed by atoms with Crippen molar-refractivity contribution in [2.24, 2.45) is 5.41 Å². The van der Waals surface area contributed by atoms with Crippen molar-refractivity contribution in [1.82, 2.24) is 9.71 Å². The molecule has 1 heterocycles. The lowest BCUT2D eigenvalue weighted by Gasteiger charge is -2.27. The van der Waals surface area contributed by atoms with Crippen LogP contribution in [0, 0.1) is 12.3 Å². The third-order valence-corrected chi connectivity index (χ3v) is 7.20. The number of amides is 1. The normalized spacial score (nSPS) is 12.9. The number of sulfonamides is 1. The van der Waals surface area contributed by atoms with Gasteiger partial charge in [0.15, 0.2) is 5.58 Å². The van der Waals surface area contributed by atoms with E-state index in [0.29, 0.717) is 16.8 Å². The third-order valence-electron chi connectivity index (χ3n) is 5.76. The molecule has 10 heteroatoms. The number of hydrogen-bond acceptors (Lipinski definition) is 6. The molecule has 4 aromatic rings. The SMILES string of the molecule is Cc1ccc2oc(C(=O)Nc3ccc(-c4ccc(S(=O)(=O)N[C@H](C(=O)O)C(C)(C)C)cc4)cc3)nc2c1. The Kier molecular flexibility index (Phi) is 6.90. The zero-order valence-corrected chi connectivity index (χ0v) is 21.6. The minimum absolute atomic E-state index is 0.0355. The zero-order valence-electron chi connectivity index (χ0n) is 20.8. The number of aromatic nitrogens is 1. The van der Waals surface area contributed by atoms with Gasteiger partial charge in [-0.3, -0.25) is 9.59 Å². The molecule has 0 fully saturated rings. The summed E-state index contributed by atoms with van der Waals surface area (Å²) in [5.74, 6) is -1.75. The summed E-state index contributed by atoms with van der Waals surface area (Å²) in [7, 11) is -4.04. The van der Waals surface area contributed by atoms with Gasteiger partial charge in [-0.15, -0.1) is 0 Å². The van der Waals surface area contributed by atoms with Crippen LogP contribution in [0.2, 0.25) is 0 Å². The van der Waals surface area contributed by atoms with E-state index in [0.717, 1.165) is 16.7 Å². The van der Waals surface area contributed by atoms with E-state index in [9.17, 15) is 23.1 Å². The topological polar surface area (TPSA) is 139 Å². The lowest BCUT2D eigenvalue weighted by molar-refractivity contribution is -0.141. The Hall–Kier alpha value is -4.02. The van der Waals surface area contributed by atoms with Gasteiger partial charge in [0.2, 0.25) is 10.0 Å². The van der Waals surface area contributed by atoms with Gasteiger partial charge in [-0.1, -0.05) is 51.1 Å². The Morgan fingerprint density at radius 1 is 0.946 bits per heavy atom. The fraction of sp³-hybridized carbons (Fsp3) is 0.222. The highest BCUT2D eigenvalue weighted by molar-refractivity contribution is 7.89. The van der Waals surface area contributed by atoms with E-state index in [1.54, 1.807) is 63.2 Å². The smallest absolute Gasteiger partial charge is 0.322 e. The van der Waals surface area contributed by atoms with Crippen molar-refractivity contribution in [3.05, 3.63) is 78.2 Å². The minimum Gasteiger partial charge on any atom is -0.480 e. The number of benzene rings is 3. The van der Waals surface area contributed by atoms with Gasteiger partial charge in [-0.25, -0.2) is 13.4 Å². The molecule has 0 saturated heterocycles. The molecule has 0 saturated carbocycles. The molecule has 3 aromatic carbocycles. The van der Waals surface area contributed by atoms with Crippen LogP contribution in [0.1, 0.15) is 37.0 Å². The van der Waals surface area contributed by atoms with Crippen LogP contribution in [0.25, 0.3) is 22.2 Å². The van der Waals surface area contributed by atoms with Crippen molar-refractivity contribution in [1.29, 1.82) is 0 Å². The lowest BCUT2D eigenvalue weighted by atomic mass is 9.88. The summed E-state index contributed by atoms with van der Waals surface area (Å²) in [5, 5.41) is 12.2. The molecule has 0 spiro atoms. The molecule has 1 amide bonds. The monoisotopic (exact) mass is 521 g/mol. The summed E-state index contributed by atoms with van der Waals surface area (Å²) in [6.45, 7) is 6.88. The number of carboxylic acid groups (broad SMARTS) is 1. The molecule has 4 rings (SSSR count). The van der Waals surface area contributed by atoms with Crippen LogP contribution in [0.15, 0.2) is 76.0 Å². The maximum atomic E-state index is 12.8. The highest BCUT2D eigenvalue weighted by Gasteiger charge is 2.35. The van der Waals surface area contributed by atoms with Crippen molar-refractivity contribution in [3.63, 3.8) is 0 Å². The van der Waals surface area contributed by atoms with Gasteiger partial charge >= 0.3 is 11.9 Å². The van der Waals surface area contributed by atoms with E-state index in [1.165, 1.54) is 12.1 Å². The number of hydrogen-bond donors (Lipinski definition) is 3. The summed E-state index contributed by atoms with van der Waals surface area (Å²) in [4.78, 5) is 28.3. The fourth-order valence-corrected chi connectivity index (χ4v) is 5.11. The quantitative estimate of drug-likeness (QED) is 0.316. The number of nitrogens with one attached hydrogen (secondary N) is 2. The van der Waals surface area contributed by atoms with Crippen LogP contribution in [0.5, 0.6) is 0 Å². The van der Waals surface area contributed by atoms with E-state index in [4.69, 9.17) is 4.42 Å². The molecule has 0 aliphatic rings. The number of rotatable bonds is 7. The minimum atomic E-state index is -4.04. The van der Waals surface area contributed by atoms with Gasteiger partial charge in [0.05, 0.1) is 4.90 Å². The molecular formula is C27H27N3O6S. The van der Waals surface area contributed by atoms with Crippen LogP contribution in [-0.4, -0.2) is 36.4 Å². The number of oxazole rings is 1. The van der Waals surface area contributed by atoms with Crippen molar-refractivity contribution in [2.45, 2.75) is 38.6 Å². The van der Waals surface area contributed by atoms with Gasteiger partial charge in [0.1, 0.15) is 11.6 Å². The number of nitrogens with zero attached hydrogens (tertiary/aromatic N) is 1. The molecule has 9 nitrogen and oxygen atoms in total. The summed E-state index contributed by atoms with van der Waals surface area (Å²) in [5.41, 5.74) is 3.43. The Labute approximate surface area is 214 Å². The Balaban J connectivity index is 1.46. The number of aryl methyl sites for hydroxylation is 1. The van der Waals surface area contributed by atoms with Gasteiger partial charge in [0.25, 0.3) is 5.89 Å². The molecule has 0 radical (unpaired) electrons. The average molecular weight is 522 g/mol. The molecule has 1 aromatic heterocycles. The second-order valence-corrected chi connectivity index (χ2v) is 11.5. The molecule has 37 heavy (non-hydrogen) atoms. The van der Waals surface area contributed by atoms with Crippen molar-refractivity contribution in [2.75, 3.05) is 5.32 Å². The second-order valence-electron chi connectivity index (χ2n) is 9.80. The van der Waals surface area contributed by atoms with E-state index in [1.807, 2.05) is 19.1 Å². The molecule has 0 bridgehead atoms. The largest absolute Gasteiger partial charge is 0.480 e. The number of fused-ring (bicyclic) bond motifs is 1. The first-order chi connectivity index (χ1) is 17.3. The van der Waals surface area contributed by atoms with Crippen LogP contribution >= 0.6 is 0 Å². The molecule has 0 aliphatic heterocycles. The molecule has 3 N–H and O–H groups in total. The average Bonchev–Trinajstić information content (AvgIpc) is 3.26. The maximum absolute atomic E-state index is 12.8. The predicted molar refractivity (Wildman–Crippen MR) is 140 cm³/mol.